The number of nitrogens with zero attached hydrogens (tertiary/aromatic N) is 2. The van der Waals surface area contributed by atoms with Crippen molar-refractivity contribution in [3.8, 4) is 0 Å². The van der Waals surface area contributed by atoms with Crippen LogP contribution in [0.15, 0.2) is 42.7 Å². The number of ether oxygens (including phenoxy) is 1. The van der Waals surface area contributed by atoms with Gasteiger partial charge in [-0.2, -0.15) is 0 Å². The summed E-state index contributed by atoms with van der Waals surface area (Å²) in [6, 6.07) is 10.2. The van der Waals surface area contributed by atoms with Crippen LogP contribution >= 0.6 is 0 Å². The van der Waals surface area contributed by atoms with Crippen molar-refractivity contribution >= 4 is 0 Å². The van der Waals surface area contributed by atoms with Crippen LogP contribution in [0.3, 0.4) is 0 Å². The van der Waals surface area contributed by atoms with Gasteiger partial charge in [-0.05, 0) is 5.56 Å². The van der Waals surface area contributed by atoms with Crippen LogP contribution in [-0.2, 0) is 11.3 Å². The Hall–Kier alpha value is -1.69. The van der Waals surface area contributed by atoms with E-state index in [0.717, 1.165) is 24.5 Å². The molecule has 106 valence electrons. The molecule has 2 heterocycles. The number of nitrogens with one attached hydrogen (secondary N) is 1. The van der Waals surface area contributed by atoms with E-state index >= 15 is 0 Å². The van der Waals surface area contributed by atoms with E-state index in [-0.39, 0.29) is 18.8 Å². The molecule has 0 saturated carbocycles. The van der Waals surface area contributed by atoms with Gasteiger partial charge in [-0.1, -0.05) is 30.3 Å². The number of imidazole rings is 1. The van der Waals surface area contributed by atoms with Crippen LogP contribution in [0.4, 0.5) is 0 Å². The number of aromatic nitrogens is 2. The van der Waals surface area contributed by atoms with Crippen LogP contribution in [0.5, 0.6) is 0 Å². The molecule has 1 aliphatic heterocycles. The largest absolute Gasteiger partial charge is 0.394 e. The molecule has 1 aliphatic rings. The van der Waals surface area contributed by atoms with Crippen LogP contribution < -0.4 is 0 Å². The van der Waals surface area contributed by atoms with Crippen molar-refractivity contribution in [3.05, 3.63) is 54.1 Å². The van der Waals surface area contributed by atoms with Crippen LogP contribution in [0, 0.1) is 0 Å². The van der Waals surface area contributed by atoms with Gasteiger partial charge >= 0.3 is 0 Å². The summed E-state index contributed by atoms with van der Waals surface area (Å²) < 4.78 is 5.72. The number of aromatic amines is 1. The summed E-state index contributed by atoms with van der Waals surface area (Å²) in [5, 5.41) is 9.59. The van der Waals surface area contributed by atoms with Crippen LogP contribution in [0.25, 0.3) is 0 Å². The van der Waals surface area contributed by atoms with E-state index < -0.39 is 0 Å². The average molecular weight is 273 g/mol. The van der Waals surface area contributed by atoms with E-state index in [0.29, 0.717) is 6.61 Å². The predicted molar refractivity (Wildman–Crippen MR) is 75.0 cm³/mol. The maximum Gasteiger partial charge on any atom is 0.120 e. The molecular weight excluding hydrogens is 254 g/mol. The van der Waals surface area contributed by atoms with Crippen molar-refractivity contribution in [1.82, 2.24) is 14.9 Å². The van der Waals surface area contributed by atoms with E-state index in [1.165, 1.54) is 0 Å². The molecule has 1 fully saturated rings. The number of benzene rings is 1. The van der Waals surface area contributed by atoms with E-state index in [1.807, 2.05) is 24.4 Å². The zero-order valence-corrected chi connectivity index (χ0v) is 11.3. The topological polar surface area (TPSA) is 61.4 Å². The molecule has 2 atom stereocenters. The molecule has 5 heteroatoms. The Morgan fingerprint density at radius 2 is 2.20 bits per heavy atom. The van der Waals surface area contributed by atoms with Crippen LogP contribution in [0.1, 0.15) is 17.4 Å². The molecule has 1 saturated heterocycles. The molecule has 0 radical (unpaired) electrons. The maximum atomic E-state index is 9.59. The molecule has 0 amide bonds. The first-order valence-corrected chi connectivity index (χ1v) is 6.88. The van der Waals surface area contributed by atoms with Gasteiger partial charge in [0.2, 0.25) is 0 Å². The quantitative estimate of drug-likeness (QED) is 0.882. The van der Waals surface area contributed by atoms with E-state index in [9.17, 15) is 5.11 Å². The zero-order valence-electron chi connectivity index (χ0n) is 11.3. The highest BCUT2D eigenvalue weighted by Gasteiger charge is 2.33. The van der Waals surface area contributed by atoms with Crippen molar-refractivity contribution < 1.29 is 9.84 Å². The number of aliphatic hydroxyl groups excluding tert-OH is 1. The van der Waals surface area contributed by atoms with Gasteiger partial charge in [0.25, 0.3) is 0 Å². The second-order valence-electron chi connectivity index (χ2n) is 4.95. The van der Waals surface area contributed by atoms with Crippen molar-refractivity contribution in [2.24, 2.45) is 0 Å². The normalized spacial score (nSPS) is 23.9. The lowest BCUT2D eigenvalue weighted by atomic mass is 9.98. The van der Waals surface area contributed by atoms with E-state index in [2.05, 4.69) is 27.0 Å². The van der Waals surface area contributed by atoms with Crippen molar-refractivity contribution in [3.63, 3.8) is 0 Å². The highest BCUT2D eigenvalue weighted by molar-refractivity contribution is 5.21. The Morgan fingerprint density at radius 3 is 2.90 bits per heavy atom. The minimum absolute atomic E-state index is 0.0220. The van der Waals surface area contributed by atoms with Gasteiger partial charge in [0, 0.05) is 18.9 Å². The summed E-state index contributed by atoms with van der Waals surface area (Å²) >= 11 is 0. The Kier molecular flexibility index (Phi) is 4.11. The number of rotatable bonds is 4. The third kappa shape index (κ3) is 2.75. The second-order valence-corrected chi connectivity index (χ2v) is 4.95. The number of morpholine rings is 1. The number of hydrogen-bond donors (Lipinski definition) is 2. The molecule has 2 N–H and O–H groups in total. The fourth-order valence-corrected chi connectivity index (χ4v) is 2.77. The van der Waals surface area contributed by atoms with Crippen molar-refractivity contribution in [2.75, 3.05) is 19.8 Å². The Bertz CT molecular complexity index is 515. The smallest absolute Gasteiger partial charge is 0.120 e. The first kappa shape index (κ1) is 13.3. The van der Waals surface area contributed by atoms with E-state index in [4.69, 9.17) is 4.74 Å². The first-order valence-electron chi connectivity index (χ1n) is 6.88. The second kappa shape index (κ2) is 6.17. The standard InChI is InChI=1S/C15H19N3O2/c19-11-13-15(12-4-2-1-3-5-12)18(8-9-20-13)10-14-16-6-7-17-14/h1-7,13,15,19H,8-11H2,(H,16,17)/t13-,15-/m1/s1. The van der Waals surface area contributed by atoms with Gasteiger partial charge in [-0.25, -0.2) is 4.98 Å². The summed E-state index contributed by atoms with van der Waals surface area (Å²) in [4.78, 5) is 9.73. The fourth-order valence-electron chi connectivity index (χ4n) is 2.77. The summed E-state index contributed by atoms with van der Waals surface area (Å²) in [6.45, 7) is 2.21. The molecule has 5 nitrogen and oxygen atoms in total. The molecule has 0 spiro atoms. The number of H-pyrrole nitrogens is 1. The van der Waals surface area contributed by atoms with Crippen LogP contribution in [0.2, 0.25) is 0 Å². The van der Waals surface area contributed by atoms with Gasteiger partial charge in [-0.15, -0.1) is 0 Å². The minimum Gasteiger partial charge on any atom is -0.394 e. The molecule has 0 bridgehead atoms. The zero-order chi connectivity index (χ0) is 13.8. The Morgan fingerprint density at radius 1 is 1.35 bits per heavy atom. The summed E-state index contributed by atoms with van der Waals surface area (Å²) in [5.41, 5.74) is 1.16. The molecule has 0 unspecified atom stereocenters. The molecule has 1 aromatic carbocycles. The van der Waals surface area contributed by atoms with Gasteiger partial charge < -0.3 is 14.8 Å². The van der Waals surface area contributed by atoms with Crippen LogP contribution in [-0.4, -0.2) is 45.8 Å². The molecule has 3 rings (SSSR count). The van der Waals surface area contributed by atoms with Crippen molar-refractivity contribution in [1.29, 1.82) is 0 Å². The summed E-state index contributed by atoms with van der Waals surface area (Å²) in [5.74, 6) is 0.935. The highest BCUT2D eigenvalue weighted by atomic mass is 16.5. The Balaban J connectivity index is 1.85. The molecule has 20 heavy (non-hydrogen) atoms. The van der Waals surface area contributed by atoms with Gasteiger partial charge in [0.15, 0.2) is 0 Å². The fraction of sp³-hybridized carbons (Fsp3) is 0.400. The lowest BCUT2D eigenvalue weighted by Gasteiger charge is -2.40. The minimum atomic E-state index is -0.193. The SMILES string of the molecule is OC[C@H]1OCCN(Cc2ncc[nH]2)[C@@H]1c1ccccc1. The monoisotopic (exact) mass is 273 g/mol. The average Bonchev–Trinajstić information content (AvgIpc) is 3.01. The molecule has 0 aliphatic carbocycles. The Labute approximate surface area is 118 Å². The molecular formula is C15H19N3O2. The van der Waals surface area contributed by atoms with Gasteiger partial charge in [-0.3, -0.25) is 4.90 Å². The van der Waals surface area contributed by atoms with Crippen molar-refractivity contribution in [2.45, 2.75) is 18.7 Å². The summed E-state index contributed by atoms with van der Waals surface area (Å²) in [6.07, 6.45) is 3.40. The third-order valence-corrected chi connectivity index (χ3v) is 3.68. The van der Waals surface area contributed by atoms with E-state index in [1.54, 1.807) is 6.20 Å². The number of aliphatic hydroxyl groups is 1. The maximum absolute atomic E-state index is 9.59. The third-order valence-electron chi connectivity index (χ3n) is 3.68. The highest BCUT2D eigenvalue weighted by Crippen LogP contribution is 2.30. The lowest BCUT2D eigenvalue weighted by molar-refractivity contribution is -0.0966. The first-order chi connectivity index (χ1) is 9.88. The lowest BCUT2D eigenvalue weighted by Crippen LogP contribution is -2.46. The summed E-state index contributed by atoms with van der Waals surface area (Å²) in [7, 11) is 0. The van der Waals surface area contributed by atoms with Gasteiger partial charge in [0.05, 0.1) is 25.8 Å². The molecule has 1 aromatic heterocycles. The predicted octanol–water partition coefficient (Wildman–Crippen LogP) is 1.34. The number of hydrogen-bond acceptors (Lipinski definition) is 4. The molecule has 2 aromatic rings. The van der Waals surface area contributed by atoms with Gasteiger partial charge in [0.1, 0.15) is 11.9 Å².